The van der Waals surface area contributed by atoms with E-state index in [0.29, 0.717) is 6.54 Å². The number of hydrogen-bond donors (Lipinski definition) is 0. The number of alkyl halides is 3. The predicted molar refractivity (Wildman–Crippen MR) is 47.5 cm³/mol. The van der Waals surface area contributed by atoms with Gasteiger partial charge in [0.15, 0.2) is 12.0 Å². The van der Waals surface area contributed by atoms with Crippen LogP contribution in [-0.4, -0.2) is 16.1 Å². The number of nitrogens with zero attached hydrogens (tertiary/aromatic N) is 2. The minimum Gasteiger partial charge on any atom is -0.298 e. The Morgan fingerprint density at radius 3 is 2.60 bits per heavy atom. The summed E-state index contributed by atoms with van der Waals surface area (Å²) in [7, 11) is 0. The van der Waals surface area contributed by atoms with E-state index in [-0.39, 0.29) is 6.29 Å². The molecule has 0 radical (unpaired) electrons. The lowest BCUT2D eigenvalue weighted by Gasteiger charge is -2.02. The van der Waals surface area contributed by atoms with E-state index in [9.17, 15) is 18.0 Å². The highest BCUT2D eigenvalue weighted by Crippen LogP contribution is 2.29. The Kier molecular flexibility index (Phi) is 3.49. The first kappa shape index (κ1) is 11.7. The molecule has 0 aliphatic carbocycles. The molecule has 0 aliphatic rings. The quantitative estimate of drug-likeness (QED) is 0.731. The van der Waals surface area contributed by atoms with E-state index < -0.39 is 17.4 Å². The van der Waals surface area contributed by atoms with Crippen molar-refractivity contribution in [2.24, 2.45) is 0 Å². The van der Waals surface area contributed by atoms with Crippen LogP contribution in [-0.2, 0) is 12.7 Å². The molecule has 6 heteroatoms. The Bertz CT molecular complexity index is 344. The predicted octanol–water partition coefficient (Wildman–Crippen LogP) is 2.51. The Labute approximate surface area is 84.9 Å². The lowest BCUT2D eigenvalue weighted by Crippen LogP contribution is -2.09. The number of halogens is 3. The van der Waals surface area contributed by atoms with E-state index in [1.807, 2.05) is 6.92 Å². The first-order chi connectivity index (χ1) is 6.99. The molecule has 0 fully saturated rings. The largest absolute Gasteiger partial charge is 0.435 e. The van der Waals surface area contributed by atoms with Crippen LogP contribution in [0.3, 0.4) is 0 Å². The molecule has 1 heterocycles. The molecular formula is C9H11F3N2O. The van der Waals surface area contributed by atoms with Gasteiger partial charge in [-0.1, -0.05) is 13.3 Å². The second-order valence-electron chi connectivity index (χ2n) is 3.17. The van der Waals surface area contributed by atoms with Gasteiger partial charge in [0.2, 0.25) is 0 Å². The van der Waals surface area contributed by atoms with Crippen LogP contribution in [0.15, 0.2) is 6.20 Å². The van der Waals surface area contributed by atoms with E-state index in [4.69, 9.17) is 0 Å². The summed E-state index contributed by atoms with van der Waals surface area (Å²) in [6.45, 7) is 2.32. The molecule has 0 bridgehead atoms. The molecular weight excluding hydrogens is 209 g/mol. The molecule has 0 amide bonds. The SMILES string of the molecule is CCCCn1cc(C=O)c(C(F)(F)F)n1. The third kappa shape index (κ3) is 2.81. The fourth-order valence-corrected chi connectivity index (χ4v) is 1.18. The summed E-state index contributed by atoms with van der Waals surface area (Å²) in [5, 5.41) is 3.35. The molecule has 0 N–H and O–H groups in total. The zero-order valence-corrected chi connectivity index (χ0v) is 8.21. The standard InChI is InChI=1S/C9H11F3N2O/c1-2-3-4-14-5-7(6-15)8(13-14)9(10,11)12/h5-6H,2-4H2,1H3. The second-order valence-corrected chi connectivity index (χ2v) is 3.17. The monoisotopic (exact) mass is 220 g/mol. The average Bonchev–Trinajstić information content (AvgIpc) is 2.57. The Hall–Kier alpha value is -1.33. The van der Waals surface area contributed by atoms with E-state index in [1.54, 1.807) is 0 Å². The zero-order valence-electron chi connectivity index (χ0n) is 8.21. The van der Waals surface area contributed by atoms with Crippen molar-refractivity contribution in [3.05, 3.63) is 17.5 Å². The Balaban J connectivity index is 2.95. The highest BCUT2D eigenvalue weighted by Gasteiger charge is 2.37. The van der Waals surface area contributed by atoms with Crippen LogP contribution in [0.25, 0.3) is 0 Å². The van der Waals surface area contributed by atoms with Gasteiger partial charge < -0.3 is 0 Å². The topological polar surface area (TPSA) is 34.9 Å². The summed E-state index contributed by atoms with van der Waals surface area (Å²) >= 11 is 0. The first-order valence-corrected chi connectivity index (χ1v) is 4.59. The molecule has 1 rings (SSSR count). The van der Waals surface area contributed by atoms with Gasteiger partial charge in [-0.2, -0.15) is 18.3 Å². The smallest absolute Gasteiger partial charge is 0.298 e. The maximum Gasteiger partial charge on any atom is 0.435 e. The summed E-state index contributed by atoms with van der Waals surface area (Å²) in [6, 6.07) is 0. The zero-order chi connectivity index (χ0) is 11.5. The van der Waals surface area contributed by atoms with E-state index in [1.165, 1.54) is 0 Å². The van der Waals surface area contributed by atoms with Crippen LogP contribution >= 0.6 is 0 Å². The van der Waals surface area contributed by atoms with Crippen molar-refractivity contribution in [3.8, 4) is 0 Å². The van der Waals surface area contributed by atoms with E-state index >= 15 is 0 Å². The minimum absolute atomic E-state index is 0.179. The summed E-state index contributed by atoms with van der Waals surface area (Å²) in [5.41, 5.74) is -1.51. The molecule has 0 spiro atoms. The molecule has 0 atom stereocenters. The van der Waals surface area contributed by atoms with Gasteiger partial charge in [-0.05, 0) is 6.42 Å². The Morgan fingerprint density at radius 2 is 2.20 bits per heavy atom. The molecule has 0 aliphatic heterocycles. The van der Waals surface area contributed by atoms with Gasteiger partial charge in [-0.3, -0.25) is 9.48 Å². The average molecular weight is 220 g/mol. The third-order valence-corrected chi connectivity index (χ3v) is 1.93. The summed E-state index contributed by atoms with van der Waals surface area (Å²) in [5.74, 6) is 0. The molecule has 1 aromatic rings. The lowest BCUT2D eigenvalue weighted by atomic mass is 10.3. The highest BCUT2D eigenvalue weighted by molar-refractivity contribution is 5.76. The van der Waals surface area contributed by atoms with Crippen LogP contribution in [0.2, 0.25) is 0 Å². The molecule has 0 unspecified atom stereocenters. The van der Waals surface area contributed by atoms with Gasteiger partial charge >= 0.3 is 6.18 Å². The minimum atomic E-state index is -4.56. The van der Waals surface area contributed by atoms with Gasteiger partial charge in [0, 0.05) is 12.7 Å². The number of aryl methyl sites for hydroxylation is 1. The lowest BCUT2D eigenvalue weighted by molar-refractivity contribution is -0.141. The van der Waals surface area contributed by atoms with Gasteiger partial charge in [-0.25, -0.2) is 0 Å². The van der Waals surface area contributed by atoms with Gasteiger partial charge in [-0.15, -0.1) is 0 Å². The van der Waals surface area contributed by atoms with Gasteiger partial charge in [0.25, 0.3) is 0 Å². The van der Waals surface area contributed by atoms with Crippen molar-refractivity contribution in [3.63, 3.8) is 0 Å². The summed E-state index contributed by atoms with van der Waals surface area (Å²) in [6.07, 6.45) is -1.66. The van der Waals surface area contributed by atoms with E-state index in [0.717, 1.165) is 23.7 Å². The molecule has 1 aromatic heterocycles. The number of aldehydes is 1. The van der Waals surface area contributed by atoms with Crippen molar-refractivity contribution in [2.45, 2.75) is 32.5 Å². The van der Waals surface area contributed by atoms with Gasteiger partial charge in [0.1, 0.15) is 0 Å². The molecule has 0 saturated heterocycles. The number of unbranched alkanes of at least 4 members (excludes halogenated alkanes) is 1. The van der Waals surface area contributed by atoms with Crippen LogP contribution < -0.4 is 0 Å². The molecule has 84 valence electrons. The first-order valence-electron chi connectivity index (χ1n) is 4.59. The number of aromatic nitrogens is 2. The number of carbonyl (C=O) groups is 1. The van der Waals surface area contributed by atoms with Crippen molar-refractivity contribution in [1.29, 1.82) is 0 Å². The second kappa shape index (κ2) is 4.46. The fraction of sp³-hybridized carbons (Fsp3) is 0.556. The maximum atomic E-state index is 12.3. The maximum absolute atomic E-state index is 12.3. The highest BCUT2D eigenvalue weighted by atomic mass is 19.4. The molecule has 0 saturated carbocycles. The summed E-state index contributed by atoms with van der Waals surface area (Å²) in [4.78, 5) is 10.4. The van der Waals surface area contributed by atoms with Crippen molar-refractivity contribution >= 4 is 6.29 Å². The van der Waals surface area contributed by atoms with Crippen molar-refractivity contribution < 1.29 is 18.0 Å². The Morgan fingerprint density at radius 1 is 1.53 bits per heavy atom. The normalized spacial score (nSPS) is 11.7. The molecule has 15 heavy (non-hydrogen) atoms. The van der Waals surface area contributed by atoms with Gasteiger partial charge in [0.05, 0.1) is 5.56 Å². The molecule has 0 aromatic carbocycles. The number of rotatable bonds is 4. The number of hydrogen-bond acceptors (Lipinski definition) is 2. The van der Waals surface area contributed by atoms with Crippen LogP contribution in [0, 0.1) is 0 Å². The van der Waals surface area contributed by atoms with Crippen molar-refractivity contribution in [1.82, 2.24) is 9.78 Å². The van der Waals surface area contributed by atoms with Crippen LogP contribution in [0.5, 0.6) is 0 Å². The van der Waals surface area contributed by atoms with E-state index in [2.05, 4.69) is 5.10 Å². The number of carbonyl (C=O) groups excluding carboxylic acids is 1. The van der Waals surface area contributed by atoms with Crippen molar-refractivity contribution in [2.75, 3.05) is 0 Å². The fourth-order valence-electron chi connectivity index (χ4n) is 1.18. The van der Waals surface area contributed by atoms with Crippen LogP contribution in [0.1, 0.15) is 35.8 Å². The third-order valence-electron chi connectivity index (χ3n) is 1.93. The molecule has 3 nitrogen and oxygen atoms in total. The summed E-state index contributed by atoms with van der Waals surface area (Å²) < 4.78 is 38.2. The van der Waals surface area contributed by atoms with Crippen LogP contribution in [0.4, 0.5) is 13.2 Å².